The molecule has 2 aliphatic heterocycles. The molecule has 2 N–H and O–H groups in total. The number of nitrogens with two attached hydrogens (primary N) is 1. The number of hydrogen-bond donors (Lipinski definition) is 1. The zero-order chi connectivity index (χ0) is 27.1. The van der Waals surface area contributed by atoms with Crippen LogP contribution >= 0.6 is 11.3 Å². The van der Waals surface area contributed by atoms with Crippen LogP contribution in [-0.4, -0.2) is 64.3 Å². The maximum atomic E-state index is 6.33. The van der Waals surface area contributed by atoms with Crippen LogP contribution in [0.3, 0.4) is 0 Å². The molecule has 0 amide bonds. The Morgan fingerprint density at radius 1 is 1.00 bits per heavy atom. The molecule has 1 fully saturated rings. The molecule has 2 aliphatic rings. The van der Waals surface area contributed by atoms with E-state index in [1.165, 1.54) is 16.9 Å². The van der Waals surface area contributed by atoms with Gasteiger partial charge in [-0.15, -0.1) is 0 Å². The molecule has 39 heavy (non-hydrogen) atoms. The fraction of sp³-hybridized carbons (Fsp3) is 0.448. The lowest BCUT2D eigenvalue weighted by molar-refractivity contribution is 0.0330. The Morgan fingerprint density at radius 3 is 2.62 bits per heavy atom. The number of hydrogen-bond acceptors (Lipinski definition) is 10. The molecule has 3 aromatic heterocycles. The topological polar surface area (TPSA) is 103 Å². The number of nitrogen functional groups attached to an aromatic ring is 1. The van der Waals surface area contributed by atoms with Crippen molar-refractivity contribution in [2.24, 2.45) is 0 Å². The van der Waals surface area contributed by atoms with E-state index in [-0.39, 0.29) is 0 Å². The summed E-state index contributed by atoms with van der Waals surface area (Å²) in [7, 11) is 0. The lowest BCUT2D eigenvalue weighted by Crippen LogP contribution is -2.36. The molecule has 0 bridgehead atoms. The molecule has 5 heterocycles. The van der Waals surface area contributed by atoms with E-state index < -0.39 is 0 Å². The van der Waals surface area contributed by atoms with Gasteiger partial charge in [-0.2, -0.15) is 0 Å². The summed E-state index contributed by atoms with van der Waals surface area (Å²) in [6.45, 7) is 14.8. The van der Waals surface area contributed by atoms with Crippen LogP contribution < -0.4 is 15.4 Å². The normalized spacial score (nSPS) is 16.4. The smallest absolute Gasteiger partial charge is 0.182 e. The molecule has 0 atom stereocenters. The summed E-state index contributed by atoms with van der Waals surface area (Å²) >= 11 is 1.41. The van der Waals surface area contributed by atoms with Crippen molar-refractivity contribution >= 4 is 32.6 Å². The Labute approximate surface area is 233 Å². The average molecular weight is 546 g/mol. The number of benzene rings is 1. The average Bonchev–Trinajstić information content (AvgIpc) is 3.14. The molecule has 10 heteroatoms. The van der Waals surface area contributed by atoms with Crippen molar-refractivity contribution in [2.75, 3.05) is 50.1 Å². The third-order valence-corrected chi connectivity index (χ3v) is 8.23. The Hall–Kier alpha value is -3.34. The maximum Gasteiger partial charge on any atom is 0.182 e. The van der Waals surface area contributed by atoms with E-state index >= 15 is 0 Å². The zero-order valence-electron chi connectivity index (χ0n) is 23.0. The first-order valence-corrected chi connectivity index (χ1v) is 14.4. The first-order chi connectivity index (χ1) is 18.9. The number of morpholine rings is 1. The number of pyridine rings is 1. The lowest BCUT2D eigenvalue weighted by Gasteiger charge is -2.29. The maximum absolute atomic E-state index is 6.33. The molecule has 0 spiro atoms. The summed E-state index contributed by atoms with van der Waals surface area (Å²) < 4.78 is 11.9. The molecule has 4 aromatic rings. The second kappa shape index (κ2) is 10.7. The van der Waals surface area contributed by atoms with Gasteiger partial charge in [0.2, 0.25) is 0 Å². The number of ether oxygens (including phenoxy) is 2. The summed E-state index contributed by atoms with van der Waals surface area (Å²) in [5, 5.41) is 0.533. The second-order valence-electron chi connectivity index (χ2n) is 10.7. The summed E-state index contributed by atoms with van der Waals surface area (Å²) in [5.74, 6) is 3.14. The highest BCUT2D eigenvalue weighted by Crippen LogP contribution is 2.37. The van der Waals surface area contributed by atoms with E-state index in [1.807, 2.05) is 6.20 Å². The third kappa shape index (κ3) is 5.28. The van der Waals surface area contributed by atoms with E-state index in [9.17, 15) is 0 Å². The summed E-state index contributed by atoms with van der Waals surface area (Å²) in [5.41, 5.74) is 13.4. The Kier molecular flexibility index (Phi) is 7.09. The van der Waals surface area contributed by atoms with Crippen LogP contribution in [0.25, 0.3) is 21.5 Å². The van der Waals surface area contributed by atoms with Crippen molar-refractivity contribution in [1.82, 2.24) is 24.8 Å². The van der Waals surface area contributed by atoms with Crippen LogP contribution in [-0.2, 0) is 17.8 Å². The van der Waals surface area contributed by atoms with E-state index in [4.69, 9.17) is 25.2 Å². The SMILES string of the molecule is Cc1cc(-c2cnc3sc(N)nc3c2)cc2c1OCCN(c1nc(CN3CCOCC3)nc(C)c1C(C)C)C2. The first kappa shape index (κ1) is 25.9. The van der Waals surface area contributed by atoms with Crippen molar-refractivity contribution in [3.05, 3.63) is 52.6 Å². The first-order valence-electron chi connectivity index (χ1n) is 13.6. The van der Waals surface area contributed by atoms with Gasteiger partial charge in [-0.3, -0.25) is 4.90 Å². The Bertz CT molecular complexity index is 1510. The number of anilines is 2. The number of fused-ring (bicyclic) bond motifs is 2. The number of aromatic nitrogens is 4. The zero-order valence-corrected chi connectivity index (χ0v) is 23.8. The largest absolute Gasteiger partial charge is 0.491 e. The highest BCUT2D eigenvalue weighted by molar-refractivity contribution is 7.21. The molecule has 0 aliphatic carbocycles. The van der Waals surface area contributed by atoms with E-state index in [0.717, 1.165) is 95.1 Å². The fourth-order valence-corrected chi connectivity index (χ4v) is 6.29. The van der Waals surface area contributed by atoms with Crippen LogP contribution in [0.4, 0.5) is 10.9 Å². The number of aryl methyl sites for hydroxylation is 2. The summed E-state index contributed by atoms with van der Waals surface area (Å²) in [6, 6.07) is 6.45. The molecular formula is C29H35N7O2S. The van der Waals surface area contributed by atoms with Gasteiger partial charge in [-0.05, 0) is 49.1 Å². The molecule has 1 aromatic carbocycles. The quantitative estimate of drug-likeness (QED) is 0.382. The Morgan fingerprint density at radius 2 is 1.82 bits per heavy atom. The van der Waals surface area contributed by atoms with Crippen molar-refractivity contribution in [1.29, 1.82) is 0 Å². The van der Waals surface area contributed by atoms with Gasteiger partial charge in [0.15, 0.2) is 5.13 Å². The molecular weight excluding hydrogens is 510 g/mol. The predicted molar refractivity (Wildman–Crippen MR) is 155 cm³/mol. The van der Waals surface area contributed by atoms with Gasteiger partial charge in [0, 0.05) is 48.2 Å². The van der Waals surface area contributed by atoms with Gasteiger partial charge >= 0.3 is 0 Å². The standard InChI is InChI=1S/C29H35N7O2S/c1-17(2)25-19(4)32-24(16-35-5-8-37-9-6-35)34-27(25)36-7-10-38-26-18(3)11-20(12-22(26)15-36)21-13-23-28(31-14-21)39-29(30)33-23/h11-14,17H,5-10,15-16H2,1-4H3,(H2,30,33). The van der Waals surface area contributed by atoms with Crippen molar-refractivity contribution < 1.29 is 9.47 Å². The molecule has 204 valence electrons. The monoisotopic (exact) mass is 545 g/mol. The van der Waals surface area contributed by atoms with E-state index in [0.29, 0.717) is 24.2 Å². The summed E-state index contributed by atoms with van der Waals surface area (Å²) in [6.07, 6.45) is 1.90. The second-order valence-corrected chi connectivity index (χ2v) is 11.7. The number of rotatable bonds is 5. The minimum atomic E-state index is 0.303. The number of nitrogens with zero attached hydrogens (tertiary/aromatic N) is 6. The molecule has 6 rings (SSSR count). The van der Waals surface area contributed by atoms with Gasteiger partial charge in [0.1, 0.15) is 34.3 Å². The van der Waals surface area contributed by atoms with Crippen LogP contribution in [0.1, 0.15) is 48.0 Å². The lowest BCUT2D eigenvalue weighted by atomic mass is 9.99. The molecule has 9 nitrogen and oxygen atoms in total. The van der Waals surface area contributed by atoms with Gasteiger partial charge in [0.25, 0.3) is 0 Å². The van der Waals surface area contributed by atoms with Crippen LogP contribution in [0.5, 0.6) is 5.75 Å². The van der Waals surface area contributed by atoms with Gasteiger partial charge in [-0.1, -0.05) is 25.2 Å². The minimum absolute atomic E-state index is 0.303. The van der Waals surface area contributed by atoms with E-state index in [1.54, 1.807) is 0 Å². The van der Waals surface area contributed by atoms with E-state index in [2.05, 4.69) is 65.7 Å². The molecule has 0 saturated carbocycles. The molecule has 0 unspecified atom stereocenters. The van der Waals surface area contributed by atoms with Gasteiger partial charge in [0.05, 0.1) is 26.3 Å². The van der Waals surface area contributed by atoms with Gasteiger partial charge < -0.3 is 20.1 Å². The van der Waals surface area contributed by atoms with Crippen LogP contribution in [0.15, 0.2) is 24.4 Å². The highest BCUT2D eigenvalue weighted by atomic mass is 32.1. The van der Waals surface area contributed by atoms with Gasteiger partial charge in [-0.25, -0.2) is 19.9 Å². The van der Waals surface area contributed by atoms with Crippen molar-refractivity contribution in [3.8, 4) is 16.9 Å². The van der Waals surface area contributed by atoms with Crippen LogP contribution in [0.2, 0.25) is 0 Å². The minimum Gasteiger partial charge on any atom is -0.491 e. The summed E-state index contributed by atoms with van der Waals surface area (Å²) in [4.78, 5) is 24.7. The third-order valence-electron chi connectivity index (χ3n) is 7.43. The van der Waals surface area contributed by atoms with Crippen molar-refractivity contribution in [3.63, 3.8) is 0 Å². The van der Waals surface area contributed by atoms with Crippen molar-refractivity contribution in [2.45, 2.75) is 46.7 Å². The Balaban J connectivity index is 1.37. The highest BCUT2D eigenvalue weighted by Gasteiger charge is 2.25. The number of thiazole rings is 1. The molecule has 0 radical (unpaired) electrons. The predicted octanol–water partition coefficient (Wildman–Crippen LogP) is 4.70. The van der Waals surface area contributed by atoms with Crippen LogP contribution in [0, 0.1) is 13.8 Å². The fourth-order valence-electron chi connectivity index (χ4n) is 5.63. The molecule has 1 saturated heterocycles.